The van der Waals surface area contributed by atoms with Gasteiger partial charge < -0.3 is 14.2 Å². The zero-order chi connectivity index (χ0) is 21.6. The van der Waals surface area contributed by atoms with Crippen molar-refractivity contribution in [2.75, 3.05) is 34.0 Å². The second kappa shape index (κ2) is 9.89. The van der Waals surface area contributed by atoms with Crippen LogP contribution in [-0.2, 0) is 14.3 Å². The standard InChI is InChI=1S/C22H26N2O5/c1-14(2)13-29-19-7-6-16(11-20(19)28-5)10-17-15(3)18(12-23)22(26)24(21(17)25)8-9-27-4/h6-7,10-11,14H,8-9,13H2,1-5H3/b17-10+. The van der Waals surface area contributed by atoms with Crippen molar-refractivity contribution in [1.82, 2.24) is 4.90 Å². The predicted octanol–water partition coefficient (Wildman–Crippen LogP) is 2.97. The van der Waals surface area contributed by atoms with Crippen LogP contribution in [0, 0.1) is 17.2 Å². The average molecular weight is 398 g/mol. The Morgan fingerprint density at radius 3 is 2.48 bits per heavy atom. The summed E-state index contributed by atoms with van der Waals surface area (Å²) in [4.78, 5) is 26.4. The summed E-state index contributed by atoms with van der Waals surface area (Å²) < 4.78 is 16.1. The molecular formula is C22H26N2O5. The summed E-state index contributed by atoms with van der Waals surface area (Å²) in [6.07, 6.45) is 1.65. The number of nitrogens with zero attached hydrogens (tertiary/aromatic N) is 2. The van der Waals surface area contributed by atoms with Crippen LogP contribution in [-0.4, -0.2) is 50.7 Å². The molecule has 0 aliphatic carbocycles. The van der Waals surface area contributed by atoms with Crippen molar-refractivity contribution in [3.63, 3.8) is 0 Å². The highest BCUT2D eigenvalue weighted by molar-refractivity contribution is 6.19. The van der Waals surface area contributed by atoms with E-state index in [2.05, 4.69) is 13.8 Å². The van der Waals surface area contributed by atoms with E-state index in [-0.39, 0.29) is 24.3 Å². The number of ether oxygens (including phenoxy) is 3. The fourth-order valence-corrected chi connectivity index (χ4v) is 2.83. The number of carbonyl (C=O) groups excluding carboxylic acids is 2. The molecule has 7 heteroatoms. The first-order valence-electron chi connectivity index (χ1n) is 9.33. The highest BCUT2D eigenvalue weighted by atomic mass is 16.5. The number of methoxy groups -OCH3 is 2. The van der Waals surface area contributed by atoms with Gasteiger partial charge in [0.1, 0.15) is 11.6 Å². The lowest BCUT2D eigenvalue weighted by Gasteiger charge is -2.27. The van der Waals surface area contributed by atoms with Crippen LogP contribution >= 0.6 is 0 Å². The maximum absolute atomic E-state index is 12.9. The maximum atomic E-state index is 12.9. The summed E-state index contributed by atoms with van der Waals surface area (Å²) in [5.74, 6) is 0.467. The van der Waals surface area contributed by atoms with Crippen molar-refractivity contribution in [3.05, 3.63) is 40.5 Å². The van der Waals surface area contributed by atoms with E-state index in [1.165, 1.54) is 7.11 Å². The molecule has 1 aliphatic heterocycles. The Balaban J connectivity index is 2.45. The molecule has 0 spiro atoms. The van der Waals surface area contributed by atoms with Crippen LogP contribution in [0.5, 0.6) is 11.5 Å². The molecule has 154 valence electrons. The number of amides is 2. The zero-order valence-corrected chi connectivity index (χ0v) is 17.4. The number of hydrogen-bond acceptors (Lipinski definition) is 6. The molecule has 2 rings (SSSR count). The first kappa shape index (κ1) is 22.2. The van der Waals surface area contributed by atoms with E-state index in [1.54, 1.807) is 38.3 Å². The Hall–Kier alpha value is -3.11. The molecule has 29 heavy (non-hydrogen) atoms. The van der Waals surface area contributed by atoms with Gasteiger partial charge in [-0.3, -0.25) is 14.5 Å². The Morgan fingerprint density at radius 2 is 1.90 bits per heavy atom. The lowest BCUT2D eigenvalue weighted by Crippen LogP contribution is -2.44. The molecule has 0 aromatic heterocycles. The molecule has 0 saturated heterocycles. The molecule has 0 atom stereocenters. The smallest absolute Gasteiger partial charge is 0.271 e. The topological polar surface area (TPSA) is 88.9 Å². The largest absolute Gasteiger partial charge is 0.493 e. The second-order valence-corrected chi connectivity index (χ2v) is 7.04. The SMILES string of the molecule is COCCN1C(=O)C(C#N)=C(C)/C(=C\c2ccc(OCC(C)C)c(OC)c2)C1=O. The number of hydrogen-bond donors (Lipinski definition) is 0. The number of nitriles is 1. The van der Waals surface area contributed by atoms with Crippen LogP contribution in [0.15, 0.2) is 34.9 Å². The lowest BCUT2D eigenvalue weighted by molar-refractivity contribution is -0.141. The molecule has 0 N–H and O–H groups in total. The minimum Gasteiger partial charge on any atom is -0.493 e. The molecule has 0 saturated carbocycles. The van der Waals surface area contributed by atoms with Gasteiger partial charge in [-0.15, -0.1) is 0 Å². The average Bonchev–Trinajstić information content (AvgIpc) is 2.70. The van der Waals surface area contributed by atoms with Gasteiger partial charge in [0.05, 0.1) is 26.9 Å². The molecule has 1 heterocycles. The molecule has 0 fully saturated rings. The molecule has 0 bridgehead atoms. The van der Waals surface area contributed by atoms with E-state index < -0.39 is 11.8 Å². The first-order valence-corrected chi connectivity index (χ1v) is 9.33. The molecule has 0 unspecified atom stereocenters. The predicted molar refractivity (Wildman–Crippen MR) is 108 cm³/mol. The first-order chi connectivity index (χ1) is 13.8. The summed E-state index contributed by atoms with van der Waals surface area (Å²) >= 11 is 0. The third-order valence-corrected chi connectivity index (χ3v) is 4.42. The normalized spacial score (nSPS) is 15.9. The van der Waals surface area contributed by atoms with E-state index in [9.17, 15) is 14.9 Å². The summed E-state index contributed by atoms with van der Waals surface area (Å²) in [6, 6.07) is 7.25. The van der Waals surface area contributed by atoms with E-state index in [0.717, 1.165) is 4.90 Å². The van der Waals surface area contributed by atoms with Gasteiger partial charge in [0.2, 0.25) is 0 Å². The zero-order valence-electron chi connectivity index (χ0n) is 17.4. The van der Waals surface area contributed by atoms with E-state index in [1.807, 2.05) is 6.07 Å². The Labute approximate surface area is 171 Å². The molecule has 1 aromatic carbocycles. The minimum atomic E-state index is -0.598. The summed E-state index contributed by atoms with van der Waals surface area (Å²) in [5, 5.41) is 9.41. The molecule has 0 radical (unpaired) electrons. The van der Waals surface area contributed by atoms with Crippen molar-refractivity contribution >= 4 is 17.9 Å². The van der Waals surface area contributed by atoms with Crippen molar-refractivity contribution in [1.29, 1.82) is 5.26 Å². The van der Waals surface area contributed by atoms with Crippen LogP contribution in [0.1, 0.15) is 26.3 Å². The number of carbonyl (C=O) groups is 2. The van der Waals surface area contributed by atoms with Gasteiger partial charge >= 0.3 is 0 Å². The van der Waals surface area contributed by atoms with Crippen molar-refractivity contribution in [2.45, 2.75) is 20.8 Å². The number of benzene rings is 1. The third kappa shape index (κ3) is 5.04. The van der Waals surface area contributed by atoms with Gasteiger partial charge in [0, 0.05) is 12.7 Å². The van der Waals surface area contributed by atoms with Gasteiger partial charge in [-0.05, 0) is 42.2 Å². The lowest BCUT2D eigenvalue weighted by atomic mass is 9.93. The number of rotatable bonds is 8. The Bertz CT molecular complexity index is 893. The van der Waals surface area contributed by atoms with Gasteiger partial charge in [0.15, 0.2) is 11.5 Å². The minimum absolute atomic E-state index is 0.0456. The number of imide groups is 1. The quantitative estimate of drug-likeness (QED) is 0.494. The fourth-order valence-electron chi connectivity index (χ4n) is 2.83. The Kier molecular flexibility index (Phi) is 7.57. The Morgan fingerprint density at radius 1 is 1.17 bits per heavy atom. The fraction of sp³-hybridized carbons (Fsp3) is 0.409. The maximum Gasteiger partial charge on any atom is 0.271 e. The van der Waals surface area contributed by atoms with E-state index in [0.29, 0.717) is 35.2 Å². The van der Waals surface area contributed by atoms with Crippen LogP contribution in [0.4, 0.5) is 0 Å². The summed E-state index contributed by atoms with van der Waals surface area (Å²) in [5.41, 5.74) is 1.29. The van der Waals surface area contributed by atoms with Gasteiger partial charge in [-0.2, -0.15) is 5.26 Å². The third-order valence-electron chi connectivity index (χ3n) is 4.42. The van der Waals surface area contributed by atoms with E-state index >= 15 is 0 Å². The highest BCUT2D eigenvalue weighted by Gasteiger charge is 2.35. The van der Waals surface area contributed by atoms with Gasteiger partial charge in [0.25, 0.3) is 11.8 Å². The molecular weight excluding hydrogens is 372 g/mol. The van der Waals surface area contributed by atoms with Crippen molar-refractivity contribution < 1.29 is 23.8 Å². The summed E-state index contributed by atoms with van der Waals surface area (Å²) in [7, 11) is 3.03. The summed E-state index contributed by atoms with van der Waals surface area (Å²) in [6.45, 7) is 6.54. The van der Waals surface area contributed by atoms with Crippen molar-refractivity contribution in [3.8, 4) is 17.6 Å². The van der Waals surface area contributed by atoms with Crippen LogP contribution in [0.25, 0.3) is 6.08 Å². The second-order valence-electron chi connectivity index (χ2n) is 7.04. The van der Waals surface area contributed by atoms with Crippen LogP contribution in [0.2, 0.25) is 0 Å². The van der Waals surface area contributed by atoms with E-state index in [4.69, 9.17) is 14.2 Å². The highest BCUT2D eigenvalue weighted by Crippen LogP contribution is 2.32. The molecule has 2 amide bonds. The van der Waals surface area contributed by atoms with Crippen LogP contribution < -0.4 is 9.47 Å². The monoisotopic (exact) mass is 398 g/mol. The van der Waals surface area contributed by atoms with Gasteiger partial charge in [-0.1, -0.05) is 19.9 Å². The molecule has 7 nitrogen and oxygen atoms in total. The van der Waals surface area contributed by atoms with Gasteiger partial charge in [-0.25, -0.2) is 0 Å². The van der Waals surface area contributed by atoms with Crippen molar-refractivity contribution in [2.24, 2.45) is 5.92 Å². The molecule has 1 aliphatic rings. The van der Waals surface area contributed by atoms with Crippen LogP contribution in [0.3, 0.4) is 0 Å². The molecule has 1 aromatic rings.